The fraction of sp³-hybridized carbons (Fsp3) is 0.143. The Morgan fingerprint density at radius 1 is 1.13 bits per heavy atom. The maximum absolute atomic E-state index is 12.8. The van der Waals surface area contributed by atoms with E-state index in [1.807, 2.05) is 42.5 Å². The van der Waals surface area contributed by atoms with Crippen molar-refractivity contribution in [3.8, 4) is 0 Å². The summed E-state index contributed by atoms with van der Waals surface area (Å²) in [6.07, 6.45) is 3.07. The molecule has 9 heteroatoms. The Balaban J connectivity index is 1.46. The molecule has 30 heavy (non-hydrogen) atoms. The van der Waals surface area contributed by atoms with Gasteiger partial charge in [0.1, 0.15) is 11.7 Å². The number of amides is 1. The fourth-order valence-corrected chi connectivity index (χ4v) is 3.97. The summed E-state index contributed by atoms with van der Waals surface area (Å²) < 4.78 is 5.08. The highest BCUT2D eigenvalue weighted by molar-refractivity contribution is 14.1. The molecule has 2 aromatic carbocycles. The van der Waals surface area contributed by atoms with Gasteiger partial charge in [-0.2, -0.15) is 5.10 Å². The highest BCUT2D eigenvalue weighted by Crippen LogP contribution is 2.13. The molecule has 1 N–H and O–H groups in total. The quantitative estimate of drug-likeness (QED) is 0.356. The number of nitrogens with one attached hydrogen (secondary N) is 1. The number of fused-ring (bicyclic) bond motifs is 1. The lowest BCUT2D eigenvalue weighted by molar-refractivity contribution is 0.0951. The maximum Gasteiger partial charge on any atom is 0.264 e. The second-order valence-corrected chi connectivity index (χ2v) is 8.72. The van der Waals surface area contributed by atoms with E-state index in [2.05, 4.69) is 53.9 Å². The monoisotopic (exact) mass is 577 g/mol. The molecule has 0 radical (unpaired) electrons. The number of hydrogen-bond acceptors (Lipinski definition) is 4. The minimum atomic E-state index is -0.142. The zero-order valence-corrected chi connectivity index (χ0v) is 19.5. The standard InChI is InChI=1S/C21H17BrIN5O2/c22-15-7-5-14(6-8-15)12-27-13-25-19-17(21(27)30)11-26-28(19)10-9-24-20(29)16-3-1-2-4-18(16)23/h1-8,11,13H,9-10,12H2,(H,24,29). The van der Waals surface area contributed by atoms with Crippen molar-refractivity contribution in [3.63, 3.8) is 0 Å². The highest BCUT2D eigenvalue weighted by atomic mass is 127. The van der Waals surface area contributed by atoms with Crippen molar-refractivity contribution in [1.29, 1.82) is 0 Å². The Morgan fingerprint density at radius 2 is 1.90 bits per heavy atom. The summed E-state index contributed by atoms with van der Waals surface area (Å²) in [5, 5.41) is 7.63. The third-order valence-electron chi connectivity index (χ3n) is 4.62. The van der Waals surface area contributed by atoms with Crippen LogP contribution in [0, 0.1) is 3.57 Å². The predicted octanol–water partition coefficient (Wildman–Crippen LogP) is 3.44. The van der Waals surface area contributed by atoms with Crippen molar-refractivity contribution in [2.24, 2.45) is 0 Å². The highest BCUT2D eigenvalue weighted by Gasteiger charge is 2.12. The molecule has 0 aliphatic carbocycles. The Bertz CT molecular complexity index is 1270. The molecule has 1 amide bonds. The molecule has 0 spiro atoms. The maximum atomic E-state index is 12.8. The van der Waals surface area contributed by atoms with Crippen LogP contribution >= 0.6 is 38.5 Å². The van der Waals surface area contributed by atoms with E-state index in [1.54, 1.807) is 15.3 Å². The van der Waals surface area contributed by atoms with E-state index in [9.17, 15) is 9.59 Å². The molecule has 0 saturated carbocycles. The van der Waals surface area contributed by atoms with Crippen molar-refractivity contribution < 1.29 is 4.79 Å². The zero-order chi connectivity index (χ0) is 21.1. The van der Waals surface area contributed by atoms with E-state index in [1.165, 1.54) is 12.5 Å². The molecule has 0 bridgehead atoms. The SMILES string of the molecule is O=C(NCCn1ncc2c(=O)n(Cc3ccc(Br)cc3)cnc21)c1ccccc1I. The van der Waals surface area contributed by atoms with Gasteiger partial charge in [0.2, 0.25) is 0 Å². The van der Waals surface area contributed by atoms with Crippen molar-refractivity contribution >= 4 is 55.5 Å². The summed E-state index contributed by atoms with van der Waals surface area (Å²) in [5.74, 6) is -0.138. The van der Waals surface area contributed by atoms with Crippen molar-refractivity contribution in [2.45, 2.75) is 13.1 Å². The van der Waals surface area contributed by atoms with E-state index in [0.717, 1.165) is 13.6 Å². The number of carbonyl (C=O) groups excluding carboxylic acids is 1. The van der Waals surface area contributed by atoms with Crippen LogP contribution in [-0.2, 0) is 13.1 Å². The second-order valence-electron chi connectivity index (χ2n) is 6.64. The Kier molecular flexibility index (Phi) is 6.28. The molecule has 0 unspecified atom stereocenters. The third kappa shape index (κ3) is 4.46. The van der Waals surface area contributed by atoms with Crippen molar-refractivity contribution in [3.05, 3.63) is 90.6 Å². The van der Waals surface area contributed by atoms with Gasteiger partial charge in [-0.05, 0) is 52.4 Å². The topological polar surface area (TPSA) is 81.8 Å². The third-order valence-corrected chi connectivity index (χ3v) is 6.09. The van der Waals surface area contributed by atoms with Gasteiger partial charge in [-0.1, -0.05) is 40.2 Å². The molecule has 0 aliphatic rings. The van der Waals surface area contributed by atoms with E-state index < -0.39 is 0 Å². The molecular weight excluding hydrogens is 561 g/mol. The fourth-order valence-electron chi connectivity index (χ4n) is 3.08. The van der Waals surface area contributed by atoms with E-state index >= 15 is 0 Å². The summed E-state index contributed by atoms with van der Waals surface area (Å²) in [6.45, 7) is 1.23. The van der Waals surface area contributed by atoms with Crippen LogP contribution in [0.5, 0.6) is 0 Å². The Labute approximate surface area is 194 Å². The Hall–Kier alpha value is -2.53. The minimum absolute atomic E-state index is 0.138. The first-order valence-electron chi connectivity index (χ1n) is 9.21. The zero-order valence-electron chi connectivity index (χ0n) is 15.8. The van der Waals surface area contributed by atoms with Gasteiger partial charge in [-0.15, -0.1) is 0 Å². The van der Waals surface area contributed by atoms with Gasteiger partial charge in [0.05, 0.1) is 24.8 Å². The van der Waals surface area contributed by atoms with Crippen LogP contribution in [0.15, 0.2) is 70.3 Å². The minimum Gasteiger partial charge on any atom is -0.350 e. The number of hydrogen-bond donors (Lipinski definition) is 1. The molecule has 2 heterocycles. The van der Waals surface area contributed by atoms with Crippen LogP contribution in [0.1, 0.15) is 15.9 Å². The summed E-state index contributed by atoms with van der Waals surface area (Å²) in [6, 6.07) is 15.2. The van der Waals surface area contributed by atoms with Gasteiger partial charge in [0.15, 0.2) is 5.65 Å². The van der Waals surface area contributed by atoms with Crippen LogP contribution in [0.2, 0.25) is 0 Å². The lowest BCUT2D eigenvalue weighted by Crippen LogP contribution is -2.28. The average Bonchev–Trinajstić information content (AvgIpc) is 3.15. The van der Waals surface area contributed by atoms with Crippen LogP contribution in [0.4, 0.5) is 0 Å². The molecule has 4 rings (SSSR count). The van der Waals surface area contributed by atoms with Crippen molar-refractivity contribution in [2.75, 3.05) is 6.54 Å². The number of carbonyl (C=O) groups is 1. The lowest BCUT2D eigenvalue weighted by Gasteiger charge is -2.08. The van der Waals surface area contributed by atoms with Gasteiger partial charge in [-0.3, -0.25) is 14.2 Å². The van der Waals surface area contributed by atoms with Gasteiger partial charge in [0, 0.05) is 14.6 Å². The van der Waals surface area contributed by atoms with Gasteiger partial charge >= 0.3 is 0 Å². The summed E-state index contributed by atoms with van der Waals surface area (Å²) >= 11 is 5.55. The number of benzene rings is 2. The van der Waals surface area contributed by atoms with Gasteiger partial charge in [-0.25, -0.2) is 9.67 Å². The predicted molar refractivity (Wildman–Crippen MR) is 127 cm³/mol. The largest absolute Gasteiger partial charge is 0.350 e. The smallest absolute Gasteiger partial charge is 0.264 e. The number of aromatic nitrogens is 4. The number of rotatable bonds is 6. The van der Waals surface area contributed by atoms with E-state index in [0.29, 0.717) is 36.2 Å². The second kappa shape index (κ2) is 9.09. The molecule has 2 aromatic heterocycles. The van der Waals surface area contributed by atoms with Crippen LogP contribution < -0.4 is 10.9 Å². The van der Waals surface area contributed by atoms with Crippen LogP contribution in [0.25, 0.3) is 11.0 Å². The summed E-state index contributed by atoms with van der Waals surface area (Å²) in [7, 11) is 0. The molecule has 0 aliphatic heterocycles. The lowest BCUT2D eigenvalue weighted by atomic mass is 10.2. The van der Waals surface area contributed by atoms with Gasteiger partial charge < -0.3 is 5.32 Å². The van der Waals surface area contributed by atoms with E-state index in [-0.39, 0.29) is 11.5 Å². The molecule has 0 fully saturated rings. The average molecular weight is 578 g/mol. The van der Waals surface area contributed by atoms with E-state index in [4.69, 9.17) is 0 Å². The van der Waals surface area contributed by atoms with Crippen LogP contribution in [0.3, 0.4) is 0 Å². The molecule has 4 aromatic rings. The normalized spacial score (nSPS) is 11.0. The summed E-state index contributed by atoms with van der Waals surface area (Å²) in [4.78, 5) is 29.6. The molecule has 7 nitrogen and oxygen atoms in total. The first-order chi connectivity index (χ1) is 14.5. The molecular formula is C21H17BrIN5O2. The first kappa shape index (κ1) is 20.7. The van der Waals surface area contributed by atoms with Crippen LogP contribution in [-0.4, -0.2) is 31.8 Å². The Morgan fingerprint density at radius 3 is 2.67 bits per heavy atom. The molecule has 0 atom stereocenters. The van der Waals surface area contributed by atoms with Gasteiger partial charge in [0.25, 0.3) is 11.5 Å². The number of nitrogens with zero attached hydrogens (tertiary/aromatic N) is 4. The van der Waals surface area contributed by atoms with Crippen molar-refractivity contribution in [1.82, 2.24) is 24.6 Å². The number of halogens is 2. The first-order valence-corrected chi connectivity index (χ1v) is 11.1. The summed E-state index contributed by atoms with van der Waals surface area (Å²) in [5.41, 5.74) is 2.01. The molecule has 152 valence electrons. The molecule has 0 saturated heterocycles.